The largest absolute Gasteiger partial charge is 0.493 e. The van der Waals surface area contributed by atoms with Crippen molar-refractivity contribution in [2.45, 2.75) is 38.5 Å². The highest BCUT2D eigenvalue weighted by atomic mass is 19.1. The van der Waals surface area contributed by atoms with Gasteiger partial charge in [-0.3, -0.25) is 9.89 Å². The second kappa shape index (κ2) is 12.8. The first kappa shape index (κ1) is 26.1. The molecule has 0 spiro atoms. The highest BCUT2D eigenvalue weighted by Crippen LogP contribution is 2.40. The van der Waals surface area contributed by atoms with Crippen molar-refractivity contribution in [2.24, 2.45) is 0 Å². The maximum atomic E-state index is 13.4. The first-order valence-electron chi connectivity index (χ1n) is 11.8. The van der Waals surface area contributed by atoms with Crippen molar-refractivity contribution in [2.75, 3.05) is 34.9 Å². The van der Waals surface area contributed by atoms with Crippen molar-refractivity contribution >= 4 is 5.91 Å². The summed E-state index contributed by atoms with van der Waals surface area (Å²) in [7, 11) is 6.57. The number of carbonyl (C=O) groups excluding carboxylic acids is 1. The second-order valence-electron chi connectivity index (χ2n) is 8.41. The molecule has 2 aromatic carbocycles. The van der Waals surface area contributed by atoms with E-state index in [0.29, 0.717) is 36.6 Å². The van der Waals surface area contributed by atoms with E-state index in [9.17, 15) is 9.18 Å². The van der Waals surface area contributed by atoms with Crippen LogP contribution < -0.4 is 14.2 Å². The second-order valence-corrected chi connectivity index (χ2v) is 8.41. The minimum atomic E-state index is -0.270. The highest BCUT2D eigenvalue weighted by molar-refractivity contribution is 5.76. The molecule has 35 heavy (non-hydrogen) atoms. The zero-order chi connectivity index (χ0) is 25.2. The SMILES string of the molecule is COc1ccc(CCC(=O)N(C)CCCCCc2cc(-c3cccc(F)c3)n[nH]2)c(OC)c1OC. The summed E-state index contributed by atoms with van der Waals surface area (Å²) in [6.07, 6.45) is 4.70. The third kappa shape index (κ3) is 6.97. The zero-order valence-corrected chi connectivity index (χ0v) is 20.9. The molecule has 3 aromatic rings. The molecule has 1 N–H and O–H groups in total. The van der Waals surface area contributed by atoms with Crippen molar-refractivity contribution in [3.05, 3.63) is 59.5 Å². The third-order valence-electron chi connectivity index (χ3n) is 6.01. The van der Waals surface area contributed by atoms with E-state index in [2.05, 4.69) is 10.2 Å². The van der Waals surface area contributed by atoms with Gasteiger partial charge in [-0.15, -0.1) is 0 Å². The van der Waals surface area contributed by atoms with E-state index >= 15 is 0 Å². The maximum Gasteiger partial charge on any atom is 0.222 e. The standard InChI is InChI=1S/C27H34FN3O4/c1-31(25(32)15-13-19-12-14-24(33-2)27(35-4)26(19)34-3)16-7-5-6-11-22-18-23(30-29-22)20-9-8-10-21(28)17-20/h8-10,12,14,17-18H,5-7,11,13,15-16H2,1-4H3,(H,29,30). The molecular formula is C27H34FN3O4. The molecule has 8 heteroatoms. The van der Waals surface area contributed by atoms with Gasteiger partial charge in [-0.25, -0.2) is 4.39 Å². The summed E-state index contributed by atoms with van der Waals surface area (Å²) in [6, 6.07) is 12.1. The number of benzene rings is 2. The first-order chi connectivity index (χ1) is 17.0. The minimum absolute atomic E-state index is 0.0927. The summed E-state index contributed by atoms with van der Waals surface area (Å²) in [5.41, 5.74) is 3.44. The van der Waals surface area contributed by atoms with Crippen molar-refractivity contribution in [3.8, 4) is 28.5 Å². The number of hydrogen-bond acceptors (Lipinski definition) is 5. The summed E-state index contributed by atoms with van der Waals surface area (Å²) < 4.78 is 29.7. The summed E-state index contributed by atoms with van der Waals surface area (Å²) in [4.78, 5) is 14.4. The molecule has 0 atom stereocenters. The fourth-order valence-electron chi connectivity index (χ4n) is 4.04. The Morgan fingerprint density at radius 1 is 0.971 bits per heavy atom. The summed E-state index contributed by atoms with van der Waals surface area (Å²) in [5, 5.41) is 7.32. The van der Waals surface area contributed by atoms with Gasteiger partial charge < -0.3 is 19.1 Å². The van der Waals surface area contributed by atoms with Crippen LogP contribution in [0.25, 0.3) is 11.3 Å². The van der Waals surface area contributed by atoms with Crippen LogP contribution in [0.15, 0.2) is 42.5 Å². The quantitative estimate of drug-likeness (QED) is 0.345. The molecule has 0 aliphatic carbocycles. The normalized spacial score (nSPS) is 10.8. The van der Waals surface area contributed by atoms with Crippen molar-refractivity contribution in [1.29, 1.82) is 0 Å². The van der Waals surface area contributed by atoms with Crippen LogP contribution in [0.5, 0.6) is 17.2 Å². The summed E-state index contributed by atoms with van der Waals surface area (Å²) in [6.45, 7) is 0.708. The van der Waals surface area contributed by atoms with E-state index in [4.69, 9.17) is 14.2 Å². The lowest BCUT2D eigenvalue weighted by atomic mass is 10.1. The average molecular weight is 484 g/mol. The van der Waals surface area contributed by atoms with E-state index in [1.165, 1.54) is 12.1 Å². The zero-order valence-electron chi connectivity index (χ0n) is 20.9. The number of hydrogen-bond donors (Lipinski definition) is 1. The fraction of sp³-hybridized carbons (Fsp3) is 0.407. The van der Waals surface area contributed by atoms with Gasteiger partial charge in [-0.05, 0) is 55.5 Å². The predicted octanol–water partition coefficient (Wildman–Crippen LogP) is 5.05. The van der Waals surface area contributed by atoms with Crippen molar-refractivity contribution < 1.29 is 23.4 Å². The van der Waals surface area contributed by atoms with Crippen molar-refractivity contribution in [3.63, 3.8) is 0 Å². The van der Waals surface area contributed by atoms with Crippen LogP contribution in [0.2, 0.25) is 0 Å². The van der Waals surface area contributed by atoms with Gasteiger partial charge >= 0.3 is 0 Å². The topological polar surface area (TPSA) is 76.7 Å². The van der Waals surface area contributed by atoms with Gasteiger partial charge in [0.25, 0.3) is 0 Å². The number of methoxy groups -OCH3 is 3. The number of aryl methyl sites for hydroxylation is 2. The van der Waals surface area contributed by atoms with E-state index in [0.717, 1.165) is 48.2 Å². The van der Waals surface area contributed by atoms with Gasteiger partial charge in [-0.2, -0.15) is 5.10 Å². The summed E-state index contributed by atoms with van der Waals surface area (Å²) in [5.74, 6) is 1.55. The molecule has 0 radical (unpaired) electrons. The number of H-pyrrole nitrogens is 1. The molecule has 1 amide bonds. The van der Waals surface area contributed by atoms with Crippen LogP contribution in [0.1, 0.15) is 36.9 Å². The van der Waals surface area contributed by atoms with Gasteiger partial charge in [-0.1, -0.05) is 24.6 Å². The lowest BCUT2D eigenvalue weighted by Gasteiger charge is -2.18. The van der Waals surface area contributed by atoms with Crippen LogP contribution in [0.4, 0.5) is 4.39 Å². The van der Waals surface area contributed by atoms with E-state index in [-0.39, 0.29) is 11.7 Å². The number of nitrogens with zero attached hydrogens (tertiary/aromatic N) is 2. The monoisotopic (exact) mass is 483 g/mol. The molecule has 7 nitrogen and oxygen atoms in total. The van der Waals surface area contributed by atoms with Crippen LogP contribution in [0, 0.1) is 5.82 Å². The van der Waals surface area contributed by atoms with Gasteiger partial charge in [0, 0.05) is 31.3 Å². The number of nitrogens with one attached hydrogen (secondary N) is 1. The molecule has 0 saturated carbocycles. The molecule has 1 heterocycles. The Morgan fingerprint density at radius 2 is 1.77 bits per heavy atom. The Balaban J connectivity index is 1.40. The van der Waals surface area contributed by atoms with Crippen molar-refractivity contribution in [1.82, 2.24) is 15.1 Å². The Morgan fingerprint density at radius 3 is 2.49 bits per heavy atom. The van der Waals surface area contributed by atoms with E-state index in [1.807, 2.05) is 31.3 Å². The smallest absolute Gasteiger partial charge is 0.222 e. The minimum Gasteiger partial charge on any atom is -0.493 e. The van der Waals surface area contributed by atoms with Gasteiger partial charge in [0.1, 0.15) is 5.82 Å². The van der Waals surface area contributed by atoms with Gasteiger partial charge in [0.05, 0.1) is 27.0 Å². The van der Waals surface area contributed by atoms with Crippen LogP contribution in [-0.2, 0) is 17.6 Å². The van der Waals surface area contributed by atoms with E-state index < -0.39 is 0 Å². The lowest BCUT2D eigenvalue weighted by molar-refractivity contribution is -0.129. The van der Waals surface area contributed by atoms with E-state index in [1.54, 1.807) is 32.3 Å². The molecule has 188 valence electrons. The predicted molar refractivity (Wildman–Crippen MR) is 134 cm³/mol. The molecule has 1 aromatic heterocycles. The van der Waals surface area contributed by atoms with Crippen LogP contribution in [-0.4, -0.2) is 55.9 Å². The molecule has 0 saturated heterocycles. The Hall–Kier alpha value is -3.55. The highest BCUT2D eigenvalue weighted by Gasteiger charge is 2.17. The number of aromatic nitrogens is 2. The lowest BCUT2D eigenvalue weighted by Crippen LogP contribution is -2.28. The number of ether oxygens (including phenoxy) is 3. The summed E-state index contributed by atoms with van der Waals surface area (Å²) >= 11 is 0. The number of halogens is 1. The molecular weight excluding hydrogens is 449 g/mol. The fourth-order valence-corrected chi connectivity index (χ4v) is 4.04. The number of unbranched alkanes of at least 4 members (excludes halogenated alkanes) is 2. The number of aromatic amines is 1. The van der Waals surface area contributed by atoms with Crippen LogP contribution >= 0.6 is 0 Å². The molecule has 0 fully saturated rings. The number of rotatable bonds is 13. The Labute approximate surface area is 206 Å². The molecule has 0 unspecified atom stereocenters. The Bertz CT molecular complexity index is 1120. The molecule has 0 aliphatic rings. The maximum absolute atomic E-state index is 13.4. The Kier molecular flexibility index (Phi) is 9.52. The number of carbonyl (C=O) groups is 1. The molecule has 3 rings (SSSR count). The first-order valence-corrected chi connectivity index (χ1v) is 11.8. The van der Waals surface area contributed by atoms with Gasteiger partial charge in [0.2, 0.25) is 11.7 Å². The number of amides is 1. The average Bonchev–Trinajstić information content (AvgIpc) is 3.35. The van der Waals surface area contributed by atoms with Crippen LogP contribution in [0.3, 0.4) is 0 Å². The van der Waals surface area contributed by atoms with Gasteiger partial charge in [0.15, 0.2) is 11.5 Å². The molecule has 0 aliphatic heterocycles. The third-order valence-corrected chi connectivity index (χ3v) is 6.01. The molecule has 0 bridgehead atoms.